The molecule has 1 amide bonds. The van der Waals surface area contributed by atoms with Crippen LogP contribution < -0.4 is 10.6 Å². The van der Waals surface area contributed by atoms with Crippen LogP contribution in [0.15, 0.2) is 54.9 Å². The van der Waals surface area contributed by atoms with Crippen molar-refractivity contribution in [2.45, 2.75) is 20.0 Å². The molecule has 0 unspecified atom stereocenters. The van der Waals surface area contributed by atoms with Crippen LogP contribution in [-0.2, 0) is 13.1 Å². The van der Waals surface area contributed by atoms with Crippen LogP contribution in [0.1, 0.15) is 27.3 Å². The van der Waals surface area contributed by atoms with E-state index in [-0.39, 0.29) is 5.91 Å². The summed E-state index contributed by atoms with van der Waals surface area (Å²) in [7, 11) is 0. The molecule has 26 heavy (non-hydrogen) atoms. The first-order chi connectivity index (χ1) is 12.6. The lowest BCUT2D eigenvalue weighted by atomic mass is 10.2. The number of carbonyl (C=O) groups is 1. The van der Waals surface area contributed by atoms with Gasteiger partial charge in [0.05, 0.1) is 0 Å². The average Bonchev–Trinajstić information content (AvgIpc) is 2.66. The first-order valence-corrected chi connectivity index (χ1v) is 8.49. The van der Waals surface area contributed by atoms with Gasteiger partial charge in [0, 0.05) is 36.2 Å². The van der Waals surface area contributed by atoms with Crippen molar-refractivity contribution in [3.05, 3.63) is 82.4 Å². The number of aryl methyl sites for hydroxylation is 1. The second kappa shape index (κ2) is 8.40. The lowest BCUT2D eigenvalue weighted by molar-refractivity contribution is 0.0946. The monoisotopic (exact) mass is 367 g/mol. The molecule has 0 saturated carbocycles. The Labute approximate surface area is 156 Å². The van der Waals surface area contributed by atoms with Crippen molar-refractivity contribution in [3.63, 3.8) is 0 Å². The molecule has 132 valence electrons. The fraction of sp³-hybridized carbons (Fsp3) is 0.158. The van der Waals surface area contributed by atoms with Gasteiger partial charge in [0.1, 0.15) is 5.69 Å². The van der Waals surface area contributed by atoms with Crippen molar-refractivity contribution in [2.24, 2.45) is 0 Å². The number of aromatic nitrogens is 3. The Balaban J connectivity index is 1.66. The number of carbonyl (C=O) groups excluding carboxylic acids is 1. The summed E-state index contributed by atoms with van der Waals surface area (Å²) in [5.74, 6) is 0.122. The maximum atomic E-state index is 12.4. The molecule has 0 bridgehead atoms. The van der Waals surface area contributed by atoms with Crippen molar-refractivity contribution >= 4 is 23.5 Å². The zero-order valence-corrected chi connectivity index (χ0v) is 15.0. The van der Waals surface area contributed by atoms with E-state index in [2.05, 4.69) is 25.6 Å². The Morgan fingerprint density at radius 2 is 1.96 bits per heavy atom. The Morgan fingerprint density at radius 3 is 2.73 bits per heavy atom. The lowest BCUT2D eigenvalue weighted by Gasteiger charge is -2.09. The Morgan fingerprint density at radius 1 is 1.12 bits per heavy atom. The molecule has 1 aromatic carbocycles. The second-order valence-electron chi connectivity index (χ2n) is 5.71. The molecule has 7 heteroatoms. The summed E-state index contributed by atoms with van der Waals surface area (Å²) in [5, 5.41) is 6.57. The van der Waals surface area contributed by atoms with Crippen LogP contribution in [0.4, 0.5) is 5.95 Å². The van der Waals surface area contributed by atoms with Crippen LogP contribution in [0.5, 0.6) is 0 Å². The third-order valence-electron chi connectivity index (χ3n) is 3.66. The molecule has 2 N–H and O–H groups in total. The van der Waals surface area contributed by atoms with Crippen LogP contribution in [-0.4, -0.2) is 20.9 Å². The van der Waals surface area contributed by atoms with Crippen LogP contribution in [0.25, 0.3) is 0 Å². The van der Waals surface area contributed by atoms with E-state index < -0.39 is 0 Å². The van der Waals surface area contributed by atoms with Crippen molar-refractivity contribution < 1.29 is 4.79 Å². The summed E-state index contributed by atoms with van der Waals surface area (Å²) < 4.78 is 0. The molecule has 0 aliphatic carbocycles. The van der Waals surface area contributed by atoms with E-state index in [1.54, 1.807) is 24.5 Å². The van der Waals surface area contributed by atoms with Crippen molar-refractivity contribution in [3.8, 4) is 0 Å². The van der Waals surface area contributed by atoms with E-state index in [9.17, 15) is 4.79 Å². The summed E-state index contributed by atoms with van der Waals surface area (Å²) in [4.78, 5) is 25.1. The van der Waals surface area contributed by atoms with Gasteiger partial charge in [-0.15, -0.1) is 0 Å². The third-order valence-corrected chi connectivity index (χ3v) is 4.03. The number of pyridine rings is 1. The fourth-order valence-corrected chi connectivity index (χ4v) is 2.56. The predicted octanol–water partition coefficient (Wildman–Crippen LogP) is 3.38. The smallest absolute Gasteiger partial charge is 0.270 e. The Bertz CT molecular complexity index is 901. The maximum absolute atomic E-state index is 12.4. The minimum Gasteiger partial charge on any atom is -0.350 e. The van der Waals surface area contributed by atoms with Gasteiger partial charge in [-0.3, -0.25) is 9.78 Å². The van der Waals surface area contributed by atoms with Crippen LogP contribution in [0.3, 0.4) is 0 Å². The number of hydrogen-bond acceptors (Lipinski definition) is 5. The molecule has 3 aromatic rings. The van der Waals surface area contributed by atoms with Gasteiger partial charge in [0.25, 0.3) is 5.91 Å². The zero-order valence-electron chi connectivity index (χ0n) is 14.2. The normalized spacial score (nSPS) is 10.4. The molecule has 2 aromatic heterocycles. The van der Waals surface area contributed by atoms with E-state index in [0.717, 1.165) is 11.1 Å². The molecule has 0 aliphatic rings. The number of halogens is 1. The summed E-state index contributed by atoms with van der Waals surface area (Å²) in [5.41, 5.74) is 2.86. The Hall–Kier alpha value is -2.99. The van der Waals surface area contributed by atoms with Crippen molar-refractivity contribution in [2.75, 3.05) is 5.32 Å². The Kier molecular flexibility index (Phi) is 5.76. The zero-order chi connectivity index (χ0) is 18.4. The standard InChI is InChI=1S/C19H18ClN5O/c1-13-9-17(18(26)22-12-15-6-2-3-7-16(15)20)25-19(24-13)23-11-14-5-4-8-21-10-14/h2-10H,11-12H2,1H3,(H,22,26)(H,23,24,25). The largest absolute Gasteiger partial charge is 0.350 e. The molecule has 0 fully saturated rings. The fourth-order valence-electron chi connectivity index (χ4n) is 2.36. The number of benzene rings is 1. The highest BCUT2D eigenvalue weighted by Gasteiger charge is 2.11. The number of amides is 1. The summed E-state index contributed by atoms with van der Waals surface area (Å²) in [6.45, 7) is 2.68. The summed E-state index contributed by atoms with van der Waals surface area (Å²) in [6.07, 6.45) is 3.48. The summed E-state index contributed by atoms with van der Waals surface area (Å²) >= 11 is 6.11. The van der Waals surface area contributed by atoms with Gasteiger partial charge in [-0.05, 0) is 36.2 Å². The minimum absolute atomic E-state index is 0.278. The van der Waals surface area contributed by atoms with Crippen molar-refractivity contribution in [1.82, 2.24) is 20.3 Å². The van der Waals surface area contributed by atoms with Gasteiger partial charge in [-0.25, -0.2) is 9.97 Å². The number of anilines is 1. The van der Waals surface area contributed by atoms with Gasteiger partial charge in [0.2, 0.25) is 5.95 Å². The number of nitrogens with one attached hydrogen (secondary N) is 2. The van der Waals surface area contributed by atoms with Gasteiger partial charge in [-0.1, -0.05) is 35.9 Å². The van der Waals surface area contributed by atoms with E-state index in [1.807, 2.05) is 37.3 Å². The molecule has 0 spiro atoms. The van der Waals surface area contributed by atoms with E-state index in [4.69, 9.17) is 11.6 Å². The highest BCUT2D eigenvalue weighted by atomic mass is 35.5. The van der Waals surface area contributed by atoms with Gasteiger partial charge in [-0.2, -0.15) is 0 Å². The number of nitrogens with zero attached hydrogens (tertiary/aromatic N) is 3. The molecule has 0 saturated heterocycles. The molecule has 0 radical (unpaired) electrons. The van der Waals surface area contributed by atoms with Gasteiger partial charge >= 0.3 is 0 Å². The number of rotatable bonds is 6. The predicted molar refractivity (Wildman–Crippen MR) is 101 cm³/mol. The third kappa shape index (κ3) is 4.77. The van der Waals surface area contributed by atoms with Crippen LogP contribution in [0, 0.1) is 6.92 Å². The van der Waals surface area contributed by atoms with Crippen molar-refractivity contribution in [1.29, 1.82) is 0 Å². The van der Waals surface area contributed by atoms with Gasteiger partial charge < -0.3 is 10.6 Å². The topological polar surface area (TPSA) is 79.8 Å². The van der Waals surface area contributed by atoms with Crippen LogP contribution >= 0.6 is 11.6 Å². The first kappa shape index (κ1) is 17.8. The summed E-state index contributed by atoms with van der Waals surface area (Å²) in [6, 6.07) is 12.9. The molecule has 6 nitrogen and oxygen atoms in total. The second-order valence-corrected chi connectivity index (χ2v) is 6.11. The van der Waals surface area contributed by atoms with E-state index in [1.165, 1.54) is 0 Å². The minimum atomic E-state index is -0.278. The molecular formula is C19H18ClN5O. The molecular weight excluding hydrogens is 350 g/mol. The highest BCUT2D eigenvalue weighted by molar-refractivity contribution is 6.31. The SMILES string of the molecule is Cc1cc(C(=O)NCc2ccccc2Cl)nc(NCc2cccnc2)n1. The molecule has 0 atom stereocenters. The van der Waals surface area contributed by atoms with Gasteiger partial charge in [0.15, 0.2) is 0 Å². The quantitative estimate of drug-likeness (QED) is 0.698. The highest BCUT2D eigenvalue weighted by Crippen LogP contribution is 2.14. The van der Waals surface area contributed by atoms with E-state index in [0.29, 0.717) is 35.4 Å². The maximum Gasteiger partial charge on any atom is 0.270 e. The molecule has 2 heterocycles. The van der Waals surface area contributed by atoms with Crippen LogP contribution in [0.2, 0.25) is 5.02 Å². The first-order valence-electron chi connectivity index (χ1n) is 8.12. The molecule has 3 rings (SSSR count). The van der Waals surface area contributed by atoms with E-state index >= 15 is 0 Å². The molecule has 0 aliphatic heterocycles. The average molecular weight is 368 g/mol. The lowest BCUT2D eigenvalue weighted by Crippen LogP contribution is -2.24. The number of hydrogen-bond donors (Lipinski definition) is 2.